The lowest BCUT2D eigenvalue weighted by atomic mass is 10.1. The molecule has 1 heterocycles. The van der Waals surface area contributed by atoms with E-state index in [0.29, 0.717) is 44.9 Å². The summed E-state index contributed by atoms with van der Waals surface area (Å²) in [6, 6.07) is 10.2. The highest BCUT2D eigenvalue weighted by Crippen LogP contribution is 2.28. The van der Waals surface area contributed by atoms with Gasteiger partial charge in [-0.1, -0.05) is 23.0 Å². The van der Waals surface area contributed by atoms with Crippen LogP contribution in [0.3, 0.4) is 0 Å². The molecule has 1 aromatic heterocycles. The van der Waals surface area contributed by atoms with Gasteiger partial charge in [0.25, 0.3) is 15.8 Å². The first kappa shape index (κ1) is 23.7. The van der Waals surface area contributed by atoms with Crippen molar-refractivity contribution in [2.45, 2.75) is 42.7 Å². The number of aryl methyl sites for hydroxylation is 3. The molecule has 7 nitrogen and oxygen atoms in total. The lowest BCUT2D eigenvalue weighted by molar-refractivity contribution is -0.115. The Morgan fingerprint density at radius 3 is 2.34 bits per heavy atom. The van der Waals surface area contributed by atoms with Crippen LogP contribution in [0, 0.1) is 20.8 Å². The molecule has 0 aliphatic heterocycles. The number of amides is 1. The summed E-state index contributed by atoms with van der Waals surface area (Å²) < 4.78 is 58.2. The van der Waals surface area contributed by atoms with E-state index >= 15 is 0 Å². The average Bonchev–Trinajstić information content (AvgIpc) is 3.02. The highest BCUT2D eigenvalue weighted by atomic mass is 32.2. The van der Waals surface area contributed by atoms with Crippen LogP contribution in [0.2, 0.25) is 0 Å². The number of sulfonamides is 1. The summed E-state index contributed by atoms with van der Waals surface area (Å²) in [4.78, 5) is 12.7. The van der Waals surface area contributed by atoms with Gasteiger partial charge in [0.1, 0.15) is 5.76 Å². The zero-order chi connectivity index (χ0) is 23.5. The molecule has 0 bridgehead atoms. The number of carbonyl (C=O) groups is 1. The number of halogens is 2. The van der Waals surface area contributed by atoms with Crippen LogP contribution in [0.15, 0.2) is 56.8 Å². The first-order valence-electron chi connectivity index (χ1n) is 9.45. The number of nitrogens with one attached hydrogen (secondary N) is 2. The number of rotatable bonds is 8. The third kappa shape index (κ3) is 5.86. The lowest BCUT2D eigenvalue weighted by Crippen LogP contribution is -2.17. The summed E-state index contributed by atoms with van der Waals surface area (Å²) >= 11 is 0.374. The second-order valence-corrected chi connectivity index (χ2v) is 9.73. The van der Waals surface area contributed by atoms with Gasteiger partial charge in [0.2, 0.25) is 5.91 Å². The second-order valence-electron chi connectivity index (χ2n) is 7.02. The van der Waals surface area contributed by atoms with Gasteiger partial charge in [-0.2, -0.15) is 8.78 Å². The number of carbonyl (C=O) groups excluding carboxylic acids is 1. The van der Waals surface area contributed by atoms with E-state index in [1.165, 1.54) is 30.3 Å². The van der Waals surface area contributed by atoms with E-state index in [9.17, 15) is 22.0 Å². The summed E-state index contributed by atoms with van der Waals surface area (Å²) in [5.41, 5.74) is 2.32. The molecule has 0 fully saturated rings. The predicted octanol–water partition coefficient (Wildman–Crippen LogP) is 4.90. The van der Waals surface area contributed by atoms with Crippen molar-refractivity contribution >= 4 is 39.1 Å². The number of aromatic nitrogens is 1. The average molecular weight is 482 g/mol. The summed E-state index contributed by atoms with van der Waals surface area (Å²) in [7, 11) is -3.98. The molecule has 0 atom stereocenters. The molecule has 0 unspecified atom stereocenters. The summed E-state index contributed by atoms with van der Waals surface area (Å²) in [6.07, 6.45) is 0.0400. The minimum atomic E-state index is -3.98. The van der Waals surface area contributed by atoms with E-state index in [4.69, 9.17) is 4.52 Å². The van der Waals surface area contributed by atoms with Crippen LogP contribution in [0.1, 0.15) is 22.6 Å². The number of benzene rings is 2. The molecular weight excluding hydrogens is 460 g/mol. The quantitative estimate of drug-likeness (QED) is 0.444. The van der Waals surface area contributed by atoms with Crippen molar-refractivity contribution in [1.82, 2.24) is 5.16 Å². The number of hydrogen-bond acceptors (Lipinski definition) is 6. The first-order valence-corrected chi connectivity index (χ1v) is 11.8. The van der Waals surface area contributed by atoms with Gasteiger partial charge in [-0.3, -0.25) is 9.52 Å². The summed E-state index contributed by atoms with van der Waals surface area (Å²) in [6.45, 7) is 5.08. The number of anilines is 2. The van der Waals surface area contributed by atoms with E-state index < -0.39 is 15.8 Å². The van der Waals surface area contributed by atoms with E-state index in [1.807, 2.05) is 0 Å². The van der Waals surface area contributed by atoms with Gasteiger partial charge in [0, 0.05) is 21.8 Å². The third-order valence-electron chi connectivity index (χ3n) is 4.61. The molecule has 11 heteroatoms. The molecule has 2 aromatic carbocycles. The second kappa shape index (κ2) is 9.70. The fraction of sp³-hybridized carbons (Fsp3) is 0.238. The number of hydrogen-bond donors (Lipinski definition) is 2. The molecule has 2 N–H and O–H groups in total. The molecule has 0 saturated heterocycles. The first-order chi connectivity index (χ1) is 15.0. The lowest BCUT2D eigenvalue weighted by Gasteiger charge is -2.13. The van der Waals surface area contributed by atoms with Crippen molar-refractivity contribution in [1.29, 1.82) is 0 Å². The topological polar surface area (TPSA) is 101 Å². The van der Waals surface area contributed by atoms with Crippen molar-refractivity contribution < 1.29 is 26.5 Å². The number of alkyl halides is 2. The molecular formula is C21H21F2N3O4S2. The Kier molecular flexibility index (Phi) is 7.19. The van der Waals surface area contributed by atoms with Crippen LogP contribution in [0.4, 0.5) is 20.2 Å². The minimum absolute atomic E-state index is 0.0151. The SMILES string of the molecule is Cc1ccc(NC(=O)Cc2c(C)noc2C)cc1S(=O)(=O)Nc1ccc(SC(F)F)cc1. The van der Waals surface area contributed by atoms with Gasteiger partial charge in [-0.05, 0) is 62.7 Å². The maximum atomic E-state index is 12.9. The van der Waals surface area contributed by atoms with Crippen LogP contribution < -0.4 is 10.0 Å². The molecule has 0 aliphatic carbocycles. The minimum Gasteiger partial charge on any atom is -0.361 e. The molecule has 0 radical (unpaired) electrons. The zero-order valence-electron chi connectivity index (χ0n) is 17.5. The molecule has 170 valence electrons. The maximum absolute atomic E-state index is 12.9. The maximum Gasteiger partial charge on any atom is 0.288 e. The van der Waals surface area contributed by atoms with Crippen molar-refractivity contribution in [2.24, 2.45) is 0 Å². The molecule has 1 amide bonds. The highest BCUT2D eigenvalue weighted by Gasteiger charge is 2.19. The van der Waals surface area contributed by atoms with Gasteiger partial charge in [-0.15, -0.1) is 0 Å². The van der Waals surface area contributed by atoms with Crippen LogP contribution in [0.25, 0.3) is 0 Å². The molecule has 3 rings (SSSR count). The molecule has 32 heavy (non-hydrogen) atoms. The largest absolute Gasteiger partial charge is 0.361 e. The molecule has 0 aliphatic rings. The van der Waals surface area contributed by atoms with E-state index in [-0.39, 0.29) is 22.9 Å². The summed E-state index contributed by atoms with van der Waals surface area (Å²) in [5, 5.41) is 6.50. The Morgan fingerprint density at radius 2 is 1.75 bits per heavy atom. The molecule has 3 aromatic rings. The zero-order valence-corrected chi connectivity index (χ0v) is 19.1. The fourth-order valence-corrected chi connectivity index (χ4v) is 4.83. The van der Waals surface area contributed by atoms with Crippen molar-refractivity contribution in [3.05, 3.63) is 65.0 Å². The Labute approximate surface area is 188 Å². The van der Waals surface area contributed by atoms with E-state index in [0.717, 1.165) is 0 Å². The van der Waals surface area contributed by atoms with Gasteiger partial charge in [-0.25, -0.2) is 8.42 Å². The van der Waals surface area contributed by atoms with Crippen LogP contribution >= 0.6 is 11.8 Å². The number of nitrogens with zero attached hydrogens (tertiary/aromatic N) is 1. The van der Waals surface area contributed by atoms with Crippen LogP contribution in [0.5, 0.6) is 0 Å². The monoisotopic (exact) mass is 481 g/mol. The van der Waals surface area contributed by atoms with Gasteiger partial charge >= 0.3 is 0 Å². The smallest absolute Gasteiger partial charge is 0.288 e. The van der Waals surface area contributed by atoms with E-state index in [1.54, 1.807) is 32.9 Å². The Bertz CT molecular complexity index is 1210. The fourth-order valence-electron chi connectivity index (χ4n) is 3.00. The Balaban J connectivity index is 1.76. The standard InChI is InChI=1S/C21H21F2N3O4S2/c1-12-4-5-16(24-20(27)11-18-13(2)25-30-14(18)3)10-19(12)32(28,29)26-15-6-8-17(9-7-15)31-21(22)23/h4-10,21,26H,11H2,1-3H3,(H,24,27). The molecule has 0 saturated carbocycles. The van der Waals surface area contributed by atoms with E-state index in [2.05, 4.69) is 15.2 Å². The molecule has 0 spiro atoms. The van der Waals surface area contributed by atoms with Crippen molar-refractivity contribution in [2.75, 3.05) is 10.0 Å². The van der Waals surface area contributed by atoms with Crippen LogP contribution in [-0.2, 0) is 21.2 Å². The third-order valence-corrected chi connectivity index (χ3v) is 6.86. The van der Waals surface area contributed by atoms with Crippen LogP contribution in [-0.4, -0.2) is 25.2 Å². The van der Waals surface area contributed by atoms with Crippen molar-refractivity contribution in [3.8, 4) is 0 Å². The van der Waals surface area contributed by atoms with Gasteiger partial charge < -0.3 is 9.84 Å². The van der Waals surface area contributed by atoms with Gasteiger partial charge in [0.05, 0.1) is 17.0 Å². The summed E-state index contributed by atoms with van der Waals surface area (Å²) in [5.74, 6) is -2.35. The normalized spacial score (nSPS) is 11.6. The Morgan fingerprint density at radius 1 is 1.09 bits per heavy atom. The predicted molar refractivity (Wildman–Crippen MR) is 119 cm³/mol. The Hall–Kier alpha value is -2.92. The highest BCUT2D eigenvalue weighted by molar-refractivity contribution is 7.99. The van der Waals surface area contributed by atoms with Crippen molar-refractivity contribution in [3.63, 3.8) is 0 Å². The number of thioether (sulfide) groups is 1. The van der Waals surface area contributed by atoms with Gasteiger partial charge in [0.15, 0.2) is 0 Å².